The Labute approximate surface area is 61.4 Å². The van der Waals surface area contributed by atoms with Crippen LogP contribution in [0.4, 0.5) is 0 Å². The smallest absolute Gasteiger partial charge is 0.118 e. The van der Waals surface area contributed by atoms with Crippen molar-refractivity contribution in [2.45, 2.75) is 32.0 Å². The number of hydrogen-bond acceptors (Lipinski definition) is 1. The molecule has 2 aliphatic rings. The second-order valence-corrected chi connectivity index (χ2v) is 3.54. The Morgan fingerprint density at radius 2 is 2.00 bits per heavy atom. The monoisotopic (exact) mass is 136 g/mol. The van der Waals surface area contributed by atoms with E-state index < -0.39 is 0 Å². The van der Waals surface area contributed by atoms with Crippen LogP contribution in [0, 0.1) is 0 Å². The van der Waals surface area contributed by atoms with Gasteiger partial charge in [-0.25, -0.2) is 0 Å². The van der Waals surface area contributed by atoms with Crippen molar-refractivity contribution in [2.24, 2.45) is 0 Å². The molecule has 1 nitrogen and oxygen atoms in total. The zero-order chi connectivity index (χ0) is 7.41. The highest BCUT2D eigenvalue weighted by molar-refractivity contribution is 5.40. The van der Waals surface area contributed by atoms with Crippen molar-refractivity contribution in [3.8, 4) is 0 Å². The summed E-state index contributed by atoms with van der Waals surface area (Å²) in [5.74, 6) is 0. The van der Waals surface area contributed by atoms with Crippen molar-refractivity contribution in [1.82, 2.24) is 0 Å². The van der Waals surface area contributed by atoms with Crippen LogP contribution in [0.2, 0.25) is 0 Å². The van der Waals surface area contributed by atoms with Gasteiger partial charge in [-0.05, 0) is 32.9 Å². The maximum absolute atomic E-state index is 5.56. The van der Waals surface area contributed by atoms with Gasteiger partial charge in [0.05, 0.1) is 0 Å². The molecule has 2 rings (SSSR count). The van der Waals surface area contributed by atoms with Crippen LogP contribution in [0.25, 0.3) is 0 Å². The van der Waals surface area contributed by atoms with E-state index in [9.17, 15) is 0 Å². The lowest BCUT2D eigenvalue weighted by atomic mass is 9.89. The van der Waals surface area contributed by atoms with E-state index >= 15 is 0 Å². The maximum Gasteiger partial charge on any atom is 0.118 e. The summed E-state index contributed by atoms with van der Waals surface area (Å²) in [7, 11) is 0. The van der Waals surface area contributed by atoms with Gasteiger partial charge in [0, 0.05) is 0 Å². The highest BCUT2D eigenvalue weighted by Crippen LogP contribution is 2.52. The standard InChI is InChI=1S/C9H12O/c1-7-4-5-8(2)9(3,6-7)10-8/h4-6H,1-3H3. The first-order valence-electron chi connectivity index (χ1n) is 3.65. The summed E-state index contributed by atoms with van der Waals surface area (Å²) >= 11 is 0. The molecule has 1 heterocycles. The van der Waals surface area contributed by atoms with Crippen LogP contribution in [0.5, 0.6) is 0 Å². The molecule has 0 saturated carbocycles. The van der Waals surface area contributed by atoms with Gasteiger partial charge in [-0.2, -0.15) is 0 Å². The van der Waals surface area contributed by atoms with Crippen molar-refractivity contribution in [3.63, 3.8) is 0 Å². The van der Waals surface area contributed by atoms with Gasteiger partial charge in [0.15, 0.2) is 0 Å². The molecule has 1 aliphatic carbocycles. The van der Waals surface area contributed by atoms with Crippen LogP contribution in [0.15, 0.2) is 23.8 Å². The first kappa shape index (κ1) is 6.17. The highest BCUT2D eigenvalue weighted by Gasteiger charge is 2.61. The predicted molar refractivity (Wildman–Crippen MR) is 40.8 cm³/mol. The molecule has 1 heteroatoms. The summed E-state index contributed by atoms with van der Waals surface area (Å²) < 4.78 is 5.56. The van der Waals surface area contributed by atoms with E-state index in [2.05, 4.69) is 39.0 Å². The molecule has 1 saturated heterocycles. The van der Waals surface area contributed by atoms with E-state index in [1.54, 1.807) is 0 Å². The number of epoxide rings is 1. The Morgan fingerprint density at radius 1 is 1.30 bits per heavy atom. The molecule has 0 amide bonds. The molecule has 0 bridgehead atoms. The van der Waals surface area contributed by atoms with Gasteiger partial charge in [0.1, 0.15) is 11.2 Å². The number of rotatable bonds is 0. The molecule has 1 fully saturated rings. The molecular weight excluding hydrogens is 124 g/mol. The number of fused-ring (bicyclic) bond motifs is 1. The van der Waals surface area contributed by atoms with Crippen LogP contribution in [-0.4, -0.2) is 11.2 Å². The minimum Gasteiger partial charge on any atom is -0.354 e. The van der Waals surface area contributed by atoms with Gasteiger partial charge in [0.2, 0.25) is 0 Å². The molecule has 0 aromatic heterocycles. The van der Waals surface area contributed by atoms with E-state index in [1.807, 2.05) is 0 Å². The SMILES string of the molecule is CC1=CC2(C)OC2(C)C=C1. The van der Waals surface area contributed by atoms with E-state index in [0.717, 1.165) is 0 Å². The zero-order valence-corrected chi connectivity index (χ0v) is 6.64. The van der Waals surface area contributed by atoms with Crippen LogP contribution >= 0.6 is 0 Å². The Morgan fingerprint density at radius 3 is 2.50 bits per heavy atom. The number of allylic oxidation sites excluding steroid dienone is 2. The maximum atomic E-state index is 5.56. The second-order valence-electron chi connectivity index (χ2n) is 3.54. The summed E-state index contributed by atoms with van der Waals surface area (Å²) in [6.45, 7) is 6.34. The average Bonchev–Trinajstić information content (AvgIpc) is 2.33. The summed E-state index contributed by atoms with van der Waals surface area (Å²) in [4.78, 5) is 0. The lowest BCUT2D eigenvalue weighted by molar-refractivity contribution is 0.323. The molecule has 1 aliphatic heterocycles. The Bertz CT molecular complexity index is 239. The average molecular weight is 136 g/mol. The van der Waals surface area contributed by atoms with Crippen LogP contribution in [0.1, 0.15) is 20.8 Å². The second kappa shape index (κ2) is 1.37. The van der Waals surface area contributed by atoms with E-state index in [1.165, 1.54) is 5.57 Å². The van der Waals surface area contributed by atoms with Crippen LogP contribution < -0.4 is 0 Å². The summed E-state index contributed by atoms with van der Waals surface area (Å²) in [6, 6.07) is 0. The molecule has 2 unspecified atom stereocenters. The predicted octanol–water partition coefficient (Wildman–Crippen LogP) is 2.05. The molecule has 0 aromatic carbocycles. The summed E-state index contributed by atoms with van der Waals surface area (Å²) in [5, 5.41) is 0. The fourth-order valence-electron chi connectivity index (χ4n) is 1.56. The molecule has 0 N–H and O–H groups in total. The molecule has 2 atom stereocenters. The Kier molecular flexibility index (Phi) is 0.848. The largest absolute Gasteiger partial charge is 0.354 e. The third-order valence-corrected chi connectivity index (χ3v) is 2.54. The van der Waals surface area contributed by atoms with Crippen molar-refractivity contribution in [1.29, 1.82) is 0 Å². The lowest BCUT2D eigenvalue weighted by Crippen LogP contribution is -2.17. The first-order valence-corrected chi connectivity index (χ1v) is 3.65. The van der Waals surface area contributed by atoms with Crippen molar-refractivity contribution in [3.05, 3.63) is 23.8 Å². The topological polar surface area (TPSA) is 12.5 Å². The molecule has 0 aromatic rings. The van der Waals surface area contributed by atoms with Crippen LogP contribution in [0.3, 0.4) is 0 Å². The molecule has 0 spiro atoms. The lowest BCUT2D eigenvalue weighted by Gasteiger charge is -2.09. The quantitative estimate of drug-likeness (QED) is 0.464. The fourth-order valence-corrected chi connectivity index (χ4v) is 1.56. The Hall–Kier alpha value is -0.560. The van der Waals surface area contributed by atoms with E-state index in [4.69, 9.17) is 4.74 Å². The normalized spacial score (nSPS) is 50.1. The van der Waals surface area contributed by atoms with Gasteiger partial charge < -0.3 is 4.74 Å². The Balaban J connectivity index is 2.40. The molecule has 54 valence electrons. The summed E-state index contributed by atoms with van der Waals surface area (Å²) in [6.07, 6.45) is 6.45. The van der Waals surface area contributed by atoms with E-state index in [-0.39, 0.29) is 11.2 Å². The third kappa shape index (κ3) is 0.562. The number of hydrogen-bond donors (Lipinski definition) is 0. The van der Waals surface area contributed by atoms with Gasteiger partial charge >= 0.3 is 0 Å². The molecular formula is C9H12O. The first-order chi connectivity index (χ1) is 4.56. The van der Waals surface area contributed by atoms with Crippen molar-refractivity contribution >= 4 is 0 Å². The van der Waals surface area contributed by atoms with E-state index in [0.29, 0.717) is 0 Å². The van der Waals surface area contributed by atoms with Gasteiger partial charge in [-0.3, -0.25) is 0 Å². The van der Waals surface area contributed by atoms with Crippen molar-refractivity contribution in [2.75, 3.05) is 0 Å². The fraction of sp³-hybridized carbons (Fsp3) is 0.556. The highest BCUT2D eigenvalue weighted by atomic mass is 16.6. The summed E-state index contributed by atoms with van der Waals surface area (Å²) in [5.41, 5.74) is 1.32. The van der Waals surface area contributed by atoms with Gasteiger partial charge in [-0.15, -0.1) is 0 Å². The third-order valence-electron chi connectivity index (χ3n) is 2.54. The zero-order valence-electron chi connectivity index (χ0n) is 6.64. The minimum atomic E-state index is 0.00579. The van der Waals surface area contributed by atoms with Crippen molar-refractivity contribution < 1.29 is 4.74 Å². The molecule has 0 radical (unpaired) electrons. The van der Waals surface area contributed by atoms with Crippen LogP contribution in [-0.2, 0) is 4.74 Å². The molecule has 10 heavy (non-hydrogen) atoms. The minimum absolute atomic E-state index is 0.00579. The van der Waals surface area contributed by atoms with Gasteiger partial charge in [0.25, 0.3) is 0 Å². The number of ether oxygens (including phenoxy) is 1. The van der Waals surface area contributed by atoms with Gasteiger partial charge in [-0.1, -0.05) is 11.6 Å².